The topological polar surface area (TPSA) is 74.3 Å². The number of ether oxygens (including phenoxy) is 1. The molecule has 0 saturated heterocycles. The van der Waals surface area contributed by atoms with Crippen LogP contribution in [0.2, 0.25) is 0 Å². The summed E-state index contributed by atoms with van der Waals surface area (Å²) in [4.78, 5) is 12.6. The van der Waals surface area contributed by atoms with E-state index in [4.69, 9.17) is 9.73 Å². The van der Waals surface area contributed by atoms with Crippen molar-refractivity contribution in [3.05, 3.63) is 59.0 Å². The molecule has 0 saturated carbocycles. The van der Waals surface area contributed by atoms with Crippen molar-refractivity contribution in [1.29, 1.82) is 0 Å². The molecule has 1 aromatic carbocycles. The van der Waals surface area contributed by atoms with Gasteiger partial charge in [-0.05, 0) is 38.8 Å². The van der Waals surface area contributed by atoms with E-state index >= 15 is 0 Å². The number of aromatic nitrogens is 2. The quantitative estimate of drug-likeness (QED) is 0.256. The van der Waals surface area contributed by atoms with Crippen LogP contribution in [0.1, 0.15) is 29.3 Å². The van der Waals surface area contributed by atoms with E-state index in [2.05, 4.69) is 51.9 Å². The second-order valence-electron chi connectivity index (χ2n) is 6.78. The Hall–Kier alpha value is -2.29. The van der Waals surface area contributed by atoms with Crippen LogP contribution in [0, 0.1) is 13.8 Å². The number of benzene rings is 1. The first-order valence-corrected chi connectivity index (χ1v) is 9.70. The molecule has 0 spiro atoms. The number of methoxy groups -OCH3 is 1. The first-order valence-electron chi connectivity index (χ1n) is 9.70. The summed E-state index contributed by atoms with van der Waals surface area (Å²) >= 11 is 0. The molecule has 3 aromatic rings. The van der Waals surface area contributed by atoms with E-state index in [9.17, 15) is 0 Å². The maximum atomic E-state index is 5.49. The molecular weight excluding hydrogens is 477 g/mol. The Bertz CT molecular complexity index is 967. The summed E-state index contributed by atoms with van der Waals surface area (Å²) in [6.45, 7) is 8.21. The molecule has 2 heterocycles. The van der Waals surface area contributed by atoms with Gasteiger partial charge in [0.1, 0.15) is 5.75 Å². The first kappa shape index (κ1) is 23.0. The van der Waals surface area contributed by atoms with Gasteiger partial charge in [0.2, 0.25) is 0 Å². The third-order valence-corrected chi connectivity index (χ3v) is 4.84. The van der Waals surface area contributed by atoms with Crippen LogP contribution in [-0.4, -0.2) is 36.1 Å². The summed E-state index contributed by atoms with van der Waals surface area (Å²) in [5.41, 5.74) is 5.49. The van der Waals surface area contributed by atoms with Crippen molar-refractivity contribution in [2.75, 3.05) is 20.2 Å². The Balaban J connectivity index is 0.00000300. The van der Waals surface area contributed by atoms with Gasteiger partial charge in [-0.1, -0.05) is 18.2 Å². The van der Waals surface area contributed by atoms with E-state index in [1.807, 2.05) is 26.1 Å². The summed E-state index contributed by atoms with van der Waals surface area (Å²) in [6, 6.07) is 8.37. The predicted octanol–water partition coefficient (Wildman–Crippen LogP) is 4.10. The Morgan fingerprint density at radius 1 is 1.21 bits per heavy atom. The lowest BCUT2D eigenvalue weighted by atomic mass is 10.1. The van der Waals surface area contributed by atoms with Gasteiger partial charge < -0.3 is 20.4 Å². The number of rotatable bonds is 7. The largest absolute Gasteiger partial charge is 0.496 e. The van der Waals surface area contributed by atoms with Crippen LogP contribution in [0.25, 0.3) is 10.9 Å². The highest BCUT2D eigenvalue weighted by molar-refractivity contribution is 14.0. The standard InChI is InChI=1S/C22H29N5O.HI/c1-5-23-22(27-14-20-16(3)21(28-4)15(2)12-25-20)24-11-10-17-13-26-19-9-7-6-8-18(17)19;/h6-9,12-13,26H,5,10-11,14H2,1-4H3,(H2,23,24,27);1H. The number of fused-ring (bicyclic) bond motifs is 1. The van der Waals surface area contributed by atoms with Gasteiger partial charge in [-0.3, -0.25) is 4.98 Å². The van der Waals surface area contributed by atoms with Gasteiger partial charge in [0.15, 0.2) is 5.96 Å². The summed E-state index contributed by atoms with van der Waals surface area (Å²) in [7, 11) is 1.69. The molecular formula is C22H30IN5O. The molecule has 156 valence electrons. The average Bonchev–Trinajstić information content (AvgIpc) is 3.11. The number of hydrogen-bond donors (Lipinski definition) is 3. The molecule has 6 nitrogen and oxygen atoms in total. The maximum absolute atomic E-state index is 5.49. The first-order chi connectivity index (χ1) is 13.6. The van der Waals surface area contributed by atoms with Gasteiger partial charge >= 0.3 is 0 Å². The lowest BCUT2D eigenvalue weighted by Crippen LogP contribution is -2.38. The number of hydrogen-bond acceptors (Lipinski definition) is 3. The zero-order valence-corrected chi connectivity index (χ0v) is 19.8. The monoisotopic (exact) mass is 507 g/mol. The zero-order valence-electron chi connectivity index (χ0n) is 17.5. The summed E-state index contributed by atoms with van der Waals surface area (Å²) in [6.07, 6.45) is 4.85. The number of H-pyrrole nitrogens is 1. The van der Waals surface area contributed by atoms with Crippen molar-refractivity contribution in [2.45, 2.75) is 33.7 Å². The third kappa shape index (κ3) is 5.62. The van der Waals surface area contributed by atoms with Gasteiger partial charge in [-0.2, -0.15) is 0 Å². The van der Waals surface area contributed by atoms with Crippen molar-refractivity contribution in [3.8, 4) is 5.75 Å². The minimum Gasteiger partial charge on any atom is -0.496 e. The molecule has 0 aliphatic heterocycles. The zero-order chi connectivity index (χ0) is 19.9. The fourth-order valence-electron chi connectivity index (χ4n) is 3.38. The number of aliphatic imine (C=N–C) groups is 1. The lowest BCUT2D eigenvalue weighted by Gasteiger charge is -2.13. The SMILES string of the molecule is CCNC(=NCc1ncc(C)c(OC)c1C)NCCc1c[nH]c2ccccc12.I. The fourth-order valence-corrected chi connectivity index (χ4v) is 3.38. The number of nitrogens with zero attached hydrogens (tertiary/aromatic N) is 2. The van der Waals surface area contributed by atoms with E-state index in [1.54, 1.807) is 7.11 Å². The van der Waals surface area contributed by atoms with Crippen LogP contribution in [0.5, 0.6) is 5.75 Å². The number of aromatic amines is 1. The number of halogens is 1. The van der Waals surface area contributed by atoms with Crippen LogP contribution in [0.4, 0.5) is 0 Å². The van der Waals surface area contributed by atoms with Crippen molar-refractivity contribution < 1.29 is 4.74 Å². The van der Waals surface area contributed by atoms with Crippen LogP contribution in [0.3, 0.4) is 0 Å². The number of para-hydroxylation sites is 1. The van der Waals surface area contributed by atoms with E-state index in [1.165, 1.54) is 16.5 Å². The van der Waals surface area contributed by atoms with E-state index in [-0.39, 0.29) is 24.0 Å². The van der Waals surface area contributed by atoms with Crippen molar-refractivity contribution in [1.82, 2.24) is 20.6 Å². The summed E-state index contributed by atoms with van der Waals surface area (Å²) < 4.78 is 5.49. The molecule has 29 heavy (non-hydrogen) atoms. The smallest absolute Gasteiger partial charge is 0.191 e. The molecule has 3 N–H and O–H groups in total. The molecule has 0 atom stereocenters. The van der Waals surface area contributed by atoms with E-state index in [0.29, 0.717) is 6.54 Å². The Morgan fingerprint density at radius 3 is 2.76 bits per heavy atom. The Morgan fingerprint density at radius 2 is 2.00 bits per heavy atom. The number of guanidine groups is 1. The van der Waals surface area contributed by atoms with Gasteiger partial charge in [0, 0.05) is 47.5 Å². The lowest BCUT2D eigenvalue weighted by molar-refractivity contribution is 0.407. The van der Waals surface area contributed by atoms with Crippen LogP contribution >= 0.6 is 24.0 Å². The third-order valence-electron chi connectivity index (χ3n) is 4.84. The van der Waals surface area contributed by atoms with E-state index in [0.717, 1.165) is 48.0 Å². The molecule has 0 aliphatic rings. The van der Waals surface area contributed by atoms with Crippen molar-refractivity contribution in [3.63, 3.8) is 0 Å². The number of aryl methyl sites for hydroxylation is 1. The predicted molar refractivity (Wildman–Crippen MR) is 130 cm³/mol. The van der Waals surface area contributed by atoms with Crippen molar-refractivity contribution >= 4 is 40.8 Å². The normalized spacial score (nSPS) is 11.2. The summed E-state index contributed by atoms with van der Waals surface area (Å²) in [5.74, 6) is 1.68. The second-order valence-corrected chi connectivity index (χ2v) is 6.78. The minimum absolute atomic E-state index is 0. The molecule has 0 bridgehead atoms. The van der Waals surface area contributed by atoms with Gasteiger partial charge in [0.05, 0.1) is 19.3 Å². The highest BCUT2D eigenvalue weighted by Crippen LogP contribution is 2.24. The molecule has 0 radical (unpaired) electrons. The molecule has 0 unspecified atom stereocenters. The molecule has 2 aromatic heterocycles. The Kier molecular flexibility index (Phi) is 8.75. The molecule has 0 amide bonds. The highest BCUT2D eigenvalue weighted by Gasteiger charge is 2.09. The number of pyridine rings is 1. The summed E-state index contributed by atoms with van der Waals surface area (Å²) in [5, 5.41) is 8.00. The van der Waals surface area contributed by atoms with E-state index < -0.39 is 0 Å². The van der Waals surface area contributed by atoms with Crippen LogP contribution < -0.4 is 15.4 Å². The average molecular weight is 507 g/mol. The molecule has 3 rings (SSSR count). The fraction of sp³-hybridized carbons (Fsp3) is 0.364. The highest BCUT2D eigenvalue weighted by atomic mass is 127. The molecule has 0 fully saturated rings. The van der Waals surface area contributed by atoms with Crippen LogP contribution in [0.15, 0.2) is 41.7 Å². The Labute approximate surface area is 189 Å². The maximum Gasteiger partial charge on any atom is 0.191 e. The van der Waals surface area contributed by atoms with Crippen molar-refractivity contribution in [2.24, 2.45) is 4.99 Å². The van der Waals surface area contributed by atoms with Gasteiger partial charge in [-0.25, -0.2) is 4.99 Å². The minimum atomic E-state index is 0. The molecule has 7 heteroatoms. The van der Waals surface area contributed by atoms with Gasteiger partial charge in [-0.15, -0.1) is 24.0 Å². The van der Waals surface area contributed by atoms with Gasteiger partial charge in [0.25, 0.3) is 0 Å². The van der Waals surface area contributed by atoms with Crippen LogP contribution in [-0.2, 0) is 13.0 Å². The number of nitrogens with one attached hydrogen (secondary N) is 3. The molecule has 0 aliphatic carbocycles. The second kappa shape index (κ2) is 11.0.